The van der Waals surface area contributed by atoms with Crippen molar-refractivity contribution >= 4 is 17.4 Å². The quantitative estimate of drug-likeness (QED) is 0.766. The Labute approximate surface area is 137 Å². The number of nitrogens with zero attached hydrogens (tertiary/aromatic N) is 4. The molecule has 124 valence electrons. The predicted octanol–water partition coefficient (Wildman–Crippen LogP) is 1.99. The molecular weight excluding hydrogens is 311 g/mol. The maximum absolute atomic E-state index is 13.7. The average Bonchev–Trinajstić information content (AvgIpc) is 2.98. The van der Waals surface area contributed by atoms with E-state index in [1.54, 1.807) is 23.6 Å². The number of fused-ring (bicyclic) bond motifs is 1. The summed E-state index contributed by atoms with van der Waals surface area (Å²) in [5.74, 6) is 0.189. The summed E-state index contributed by atoms with van der Waals surface area (Å²) in [7, 11) is 1.63. The lowest BCUT2D eigenvalue weighted by molar-refractivity contribution is 0.219. The molecule has 7 nitrogen and oxygen atoms in total. The number of nitrogens with two attached hydrogens (primary N) is 1. The van der Waals surface area contributed by atoms with E-state index in [4.69, 9.17) is 5.73 Å². The molecule has 0 aliphatic heterocycles. The molecule has 0 aliphatic carbocycles. The van der Waals surface area contributed by atoms with Gasteiger partial charge in [0.2, 0.25) is 0 Å². The minimum atomic E-state index is -0.443. The van der Waals surface area contributed by atoms with Gasteiger partial charge < -0.3 is 16.0 Å². The van der Waals surface area contributed by atoms with E-state index >= 15 is 0 Å². The van der Waals surface area contributed by atoms with Crippen molar-refractivity contribution in [1.82, 2.24) is 19.5 Å². The molecule has 0 aliphatic rings. The minimum Gasteiger partial charge on any atom is -0.326 e. The number of pyridine rings is 1. The van der Waals surface area contributed by atoms with E-state index in [1.807, 2.05) is 24.4 Å². The molecule has 0 unspecified atom stereocenters. The zero-order valence-electron chi connectivity index (χ0n) is 13.1. The number of carbonyl (C=O) groups is 1. The first kappa shape index (κ1) is 15.9. The summed E-state index contributed by atoms with van der Waals surface area (Å²) in [5, 5.41) is 10.8. The van der Waals surface area contributed by atoms with E-state index in [9.17, 15) is 9.18 Å². The molecule has 0 fully saturated rings. The first-order valence-electron chi connectivity index (χ1n) is 7.37. The predicted molar refractivity (Wildman–Crippen MR) is 87.8 cm³/mol. The Hall–Kier alpha value is -3.00. The van der Waals surface area contributed by atoms with Crippen LogP contribution in [0.4, 0.5) is 14.9 Å². The van der Waals surface area contributed by atoms with Crippen molar-refractivity contribution in [2.75, 3.05) is 12.4 Å². The van der Waals surface area contributed by atoms with Gasteiger partial charge in [-0.3, -0.25) is 4.40 Å². The molecular formula is C16H17FN6O. The highest BCUT2D eigenvalue weighted by Crippen LogP contribution is 2.15. The Balaban J connectivity index is 1.69. The van der Waals surface area contributed by atoms with Crippen LogP contribution in [0.5, 0.6) is 0 Å². The molecule has 0 radical (unpaired) electrons. The number of nitrogens with one attached hydrogen (secondary N) is 1. The average molecular weight is 328 g/mol. The van der Waals surface area contributed by atoms with Gasteiger partial charge in [-0.2, -0.15) is 0 Å². The lowest BCUT2D eigenvalue weighted by Gasteiger charge is -2.17. The maximum Gasteiger partial charge on any atom is 0.321 e. The molecule has 24 heavy (non-hydrogen) atoms. The second-order valence-corrected chi connectivity index (χ2v) is 5.34. The van der Waals surface area contributed by atoms with Gasteiger partial charge in [0, 0.05) is 31.0 Å². The molecule has 8 heteroatoms. The van der Waals surface area contributed by atoms with Crippen LogP contribution in [0.2, 0.25) is 0 Å². The lowest BCUT2D eigenvalue weighted by atomic mass is 10.2. The Morgan fingerprint density at radius 3 is 2.92 bits per heavy atom. The van der Waals surface area contributed by atoms with E-state index in [0.717, 1.165) is 0 Å². The van der Waals surface area contributed by atoms with Gasteiger partial charge in [-0.1, -0.05) is 12.1 Å². The SMILES string of the molecule is CN(Cc1nnc2ccccn12)C(=O)Nc1ccc(CN)c(F)c1. The van der Waals surface area contributed by atoms with Crippen molar-refractivity contribution in [2.24, 2.45) is 5.73 Å². The molecule has 0 spiro atoms. The molecule has 0 saturated heterocycles. The molecule has 2 aromatic heterocycles. The third-order valence-corrected chi connectivity index (χ3v) is 3.63. The fraction of sp³-hybridized carbons (Fsp3) is 0.188. The van der Waals surface area contributed by atoms with E-state index in [2.05, 4.69) is 15.5 Å². The second-order valence-electron chi connectivity index (χ2n) is 5.34. The molecule has 0 bridgehead atoms. The van der Waals surface area contributed by atoms with Crippen molar-refractivity contribution in [3.8, 4) is 0 Å². The summed E-state index contributed by atoms with van der Waals surface area (Å²) >= 11 is 0. The number of amides is 2. The fourth-order valence-corrected chi connectivity index (χ4v) is 2.29. The number of aromatic nitrogens is 3. The zero-order chi connectivity index (χ0) is 17.1. The second kappa shape index (κ2) is 6.63. The van der Waals surface area contributed by atoms with Gasteiger partial charge in [0.25, 0.3) is 0 Å². The van der Waals surface area contributed by atoms with E-state index in [-0.39, 0.29) is 19.1 Å². The molecule has 1 aromatic carbocycles. The smallest absolute Gasteiger partial charge is 0.321 e. The van der Waals surface area contributed by atoms with Gasteiger partial charge in [0.15, 0.2) is 11.5 Å². The highest BCUT2D eigenvalue weighted by molar-refractivity contribution is 5.89. The van der Waals surface area contributed by atoms with E-state index in [1.165, 1.54) is 11.0 Å². The first-order chi connectivity index (χ1) is 11.6. The molecule has 0 atom stereocenters. The Kier molecular flexibility index (Phi) is 4.39. The highest BCUT2D eigenvalue weighted by Gasteiger charge is 2.14. The molecule has 3 aromatic rings. The Morgan fingerprint density at radius 1 is 1.33 bits per heavy atom. The number of anilines is 1. The van der Waals surface area contributed by atoms with Crippen molar-refractivity contribution in [2.45, 2.75) is 13.1 Å². The summed E-state index contributed by atoms with van der Waals surface area (Å²) in [6.45, 7) is 0.375. The van der Waals surface area contributed by atoms with Crippen LogP contribution in [0.15, 0.2) is 42.6 Å². The topological polar surface area (TPSA) is 88.6 Å². The molecule has 2 heterocycles. The number of hydrogen-bond donors (Lipinski definition) is 2. The van der Waals surface area contributed by atoms with Crippen molar-refractivity contribution < 1.29 is 9.18 Å². The third kappa shape index (κ3) is 3.18. The van der Waals surface area contributed by atoms with Crippen LogP contribution < -0.4 is 11.1 Å². The number of hydrogen-bond acceptors (Lipinski definition) is 4. The standard InChI is InChI=1S/C16H17FN6O/c1-22(10-15-21-20-14-4-2-3-7-23(14)15)16(24)19-12-6-5-11(9-18)13(17)8-12/h2-8H,9-10,18H2,1H3,(H,19,24). The summed E-state index contributed by atoms with van der Waals surface area (Å²) in [4.78, 5) is 13.7. The van der Waals surface area contributed by atoms with Crippen LogP contribution in [0.3, 0.4) is 0 Å². The van der Waals surface area contributed by atoms with Crippen molar-refractivity contribution in [3.63, 3.8) is 0 Å². The molecule has 0 saturated carbocycles. The monoisotopic (exact) mass is 328 g/mol. The van der Waals surface area contributed by atoms with Crippen molar-refractivity contribution in [1.29, 1.82) is 0 Å². The first-order valence-corrected chi connectivity index (χ1v) is 7.37. The fourth-order valence-electron chi connectivity index (χ4n) is 2.29. The van der Waals surface area contributed by atoms with Crippen LogP contribution in [0.25, 0.3) is 5.65 Å². The molecule has 3 N–H and O–H groups in total. The van der Waals surface area contributed by atoms with Crippen LogP contribution in [0, 0.1) is 5.82 Å². The normalized spacial score (nSPS) is 10.8. The van der Waals surface area contributed by atoms with Gasteiger partial charge in [0.1, 0.15) is 5.82 Å². The number of rotatable bonds is 4. The van der Waals surface area contributed by atoms with Gasteiger partial charge in [-0.05, 0) is 24.3 Å². The lowest BCUT2D eigenvalue weighted by Crippen LogP contribution is -2.31. The number of benzene rings is 1. The van der Waals surface area contributed by atoms with E-state index < -0.39 is 5.82 Å². The molecule has 3 rings (SSSR count). The van der Waals surface area contributed by atoms with Gasteiger partial charge >= 0.3 is 6.03 Å². The number of halogens is 1. The maximum atomic E-state index is 13.7. The van der Waals surface area contributed by atoms with Crippen LogP contribution in [-0.2, 0) is 13.1 Å². The Morgan fingerprint density at radius 2 is 2.17 bits per heavy atom. The van der Waals surface area contributed by atoms with Crippen LogP contribution in [-0.4, -0.2) is 32.6 Å². The summed E-state index contributed by atoms with van der Waals surface area (Å²) in [5.41, 5.74) is 6.90. The summed E-state index contributed by atoms with van der Waals surface area (Å²) < 4.78 is 15.5. The molecule has 2 amide bonds. The summed E-state index contributed by atoms with van der Waals surface area (Å²) in [6.07, 6.45) is 1.83. The number of carbonyl (C=O) groups excluding carboxylic acids is 1. The van der Waals surface area contributed by atoms with Gasteiger partial charge in [0.05, 0.1) is 6.54 Å². The van der Waals surface area contributed by atoms with Crippen LogP contribution in [0.1, 0.15) is 11.4 Å². The highest BCUT2D eigenvalue weighted by atomic mass is 19.1. The van der Waals surface area contributed by atoms with Gasteiger partial charge in [-0.25, -0.2) is 9.18 Å². The number of urea groups is 1. The van der Waals surface area contributed by atoms with Crippen LogP contribution >= 0.6 is 0 Å². The van der Waals surface area contributed by atoms with Gasteiger partial charge in [-0.15, -0.1) is 10.2 Å². The van der Waals surface area contributed by atoms with E-state index in [0.29, 0.717) is 22.7 Å². The Bertz CT molecular complexity index is 878. The minimum absolute atomic E-state index is 0.111. The largest absolute Gasteiger partial charge is 0.326 e. The third-order valence-electron chi connectivity index (χ3n) is 3.63. The zero-order valence-corrected chi connectivity index (χ0v) is 13.1. The van der Waals surface area contributed by atoms with Crippen molar-refractivity contribution in [3.05, 3.63) is 59.8 Å². The summed E-state index contributed by atoms with van der Waals surface area (Å²) in [6, 6.07) is 9.60.